The molecule has 20 heavy (non-hydrogen) atoms. The van der Waals surface area contributed by atoms with E-state index in [2.05, 4.69) is 0 Å². The molecule has 0 aromatic carbocycles. The predicted octanol–water partition coefficient (Wildman–Crippen LogP) is 4.08. The average molecular weight is 284 g/mol. The van der Waals surface area contributed by atoms with Crippen LogP contribution in [-0.4, -0.2) is 22.2 Å². The second-order valence-corrected chi connectivity index (χ2v) is 6.08. The summed E-state index contributed by atoms with van der Waals surface area (Å²) in [6.45, 7) is 0. The highest BCUT2D eigenvalue weighted by Crippen LogP contribution is 2.38. The lowest BCUT2D eigenvalue weighted by atomic mass is 9.87. The minimum absolute atomic E-state index is 0.292. The highest BCUT2D eigenvalue weighted by Gasteiger charge is 2.26. The number of carboxylic acids is 2. The van der Waals surface area contributed by atoms with Crippen LogP contribution in [0, 0.1) is 11.8 Å². The number of hydrogen-bond donors (Lipinski definition) is 2. The van der Waals surface area contributed by atoms with Crippen molar-refractivity contribution in [2.75, 3.05) is 0 Å². The molecule has 0 heterocycles. The summed E-state index contributed by atoms with van der Waals surface area (Å²) in [4.78, 5) is 21.0. The topological polar surface area (TPSA) is 74.6 Å². The van der Waals surface area contributed by atoms with Gasteiger partial charge >= 0.3 is 11.9 Å². The molecule has 116 valence electrons. The fourth-order valence-corrected chi connectivity index (χ4v) is 3.40. The monoisotopic (exact) mass is 284 g/mol. The molecule has 0 bridgehead atoms. The number of hydrogen-bond acceptors (Lipinski definition) is 2. The van der Waals surface area contributed by atoms with Crippen LogP contribution in [0.1, 0.15) is 77.0 Å². The smallest absolute Gasteiger partial charge is 0.303 e. The first-order valence-corrected chi connectivity index (χ1v) is 8.03. The first-order chi connectivity index (χ1) is 9.59. The molecular formula is C16H28O4. The molecule has 0 radical (unpaired) electrons. The molecule has 0 aromatic rings. The van der Waals surface area contributed by atoms with Gasteiger partial charge in [-0.3, -0.25) is 9.59 Å². The maximum atomic E-state index is 10.6. The van der Waals surface area contributed by atoms with Gasteiger partial charge in [-0.1, -0.05) is 51.4 Å². The average Bonchev–Trinajstić information content (AvgIpc) is 2.82. The molecular weight excluding hydrogens is 256 g/mol. The van der Waals surface area contributed by atoms with E-state index in [4.69, 9.17) is 10.2 Å². The van der Waals surface area contributed by atoms with Crippen molar-refractivity contribution in [2.24, 2.45) is 11.8 Å². The molecule has 2 atom stereocenters. The molecule has 0 amide bonds. The van der Waals surface area contributed by atoms with E-state index in [0.29, 0.717) is 18.8 Å². The summed E-state index contributed by atoms with van der Waals surface area (Å²) in [7, 11) is 0. The zero-order valence-corrected chi connectivity index (χ0v) is 12.4. The summed E-state index contributed by atoms with van der Waals surface area (Å²) < 4.78 is 0. The van der Waals surface area contributed by atoms with Gasteiger partial charge in [0.15, 0.2) is 0 Å². The van der Waals surface area contributed by atoms with Crippen LogP contribution in [0.25, 0.3) is 0 Å². The van der Waals surface area contributed by atoms with Crippen molar-refractivity contribution < 1.29 is 19.8 Å². The Morgan fingerprint density at radius 2 is 1.30 bits per heavy atom. The molecule has 4 nitrogen and oxygen atoms in total. The van der Waals surface area contributed by atoms with Crippen molar-refractivity contribution in [2.45, 2.75) is 77.0 Å². The molecule has 1 aliphatic carbocycles. The van der Waals surface area contributed by atoms with Gasteiger partial charge in [0, 0.05) is 12.8 Å². The number of unbranched alkanes of at least 4 members (excludes halogenated alkanes) is 4. The molecule has 2 N–H and O–H groups in total. The quantitative estimate of drug-likeness (QED) is 0.560. The van der Waals surface area contributed by atoms with Gasteiger partial charge in [-0.15, -0.1) is 0 Å². The molecule has 1 fully saturated rings. The zero-order valence-electron chi connectivity index (χ0n) is 12.4. The molecule has 0 aliphatic heterocycles. The van der Waals surface area contributed by atoms with Gasteiger partial charge in [0.2, 0.25) is 0 Å². The van der Waals surface area contributed by atoms with E-state index in [1.165, 1.54) is 38.5 Å². The third-order valence-electron chi connectivity index (χ3n) is 4.51. The van der Waals surface area contributed by atoms with Crippen molar-refractivity contribution in [3.8, 4) is 0 Å². The Kier molecular flexibility index (Phi) is 8.31. The fraction of sp³-hybridized carbons (Fsp3) is 0.875. The fourth-order valence-electron chi connectivity index (χ4n) is 3.40. The lowest BCUT2D eigenvalue weighted by Crippen LogP contribution is -2.10. The van der Waals surface area contributed by atoms with E-state index in [1.54, 1.807) is 0 Å². The van der Waals surface area contributed by atoms with E-state index in [1.807, 2.05) is 0 Å². The van der Waals surface area contributed by atoms with Gasteiger partial charge in [-0.2, -0.15) is 0 Å². The Labute approximate surface area is 121 Å². The van der Waals surface area contributed by atoms with Gasteiger partial charge in [0.05, 0.1) is 0 Å². The number of carbonyl (C=O) groups is 2. The van der Waals surface area contributed by atoms with Crippen molar-refractivity contribution in [3.05, 3.63) is 0 Å². The van der Waals surface area contributed by atoms with Crippen LogP contribution in [0.2, 0.25) is 0 Å². The Morgan fingerprint density at radius 1 is 0.750 bits per heavy atom. The molecule has 1 rings (SSSR count). The van der Waals surface area contributed by atoms with Crippen LogP contribution in [0.15, 0.2) is 0 Å². The lowest BCUT2D eigenvalue weighted by molar-refractivity contribution is -0.138. The van der Waals surface area contributed by atoms with Gasteiger partial charge in [-0.05, 0) is 24.7 Å². The molecule has 0 unspecified atom stereocenters. The predicted molar refractivity (Wildman–Crippen MR) is 77.7 cm³/mol. The largest absolute Gasteiger partial charge is 0.481 e. The highest BCUT2D eigenvalue weighted by molar-refractivity contribution is 5.66. The van der Waals surface area contributed by atoms with Crippen molar-refractivity contribution in [1.82, 2.24) is 0 Å². The van der Waals surface area contributed by atoms with E-state index < -0.39 is 11.9 Å². The second-order valence-electron chi connectivity index (χ2n) is 6.08. The minimum atomic E-state index is -0.697. The SMILES string of the molecule is O=C(O)CCCCCCC[C@@H]1CCC[C@H]1CCC(=O)O. The molecule has 1 aliphatic rings. The first-order valence-electron chi connectivity index (χ1n) is 8.03. The lowest BCUT2D eigenvalue weighted by Gasteiger charge is -2.18. The van der Waals surface area contributed by atoms with Crippen molar-refractivity contribution >= 4 is 11.9 Å². The summed E-state index contributed by atoms with van der Waals surface area (Å²) in [5.74, 6) is -0.0159. The minimum Gasteiger partial charge on any atom is -0.481 e. The Bertz CT molecular complexity index is 301. The van der Waals surface area contributed by atoms with Gasteiger partial charge in [-0.25, -0.2) is 0 Å². The third-order valence-corrected chi connectivity index (χ3v) is 4.51. The third kappa shape index (κ3) is 7.51. The number of aliphatic carboxylic acids is 2. The number of carboxylic acid groups (broad SMARTS) is 2. The van der Waals surface area contributed by atoms with Gasteiger partial charge in [0.25, 0.3) is 0 Å². The van der Waals surface area contributed by atoms with Crippen LogP contribution in [-0.2, 0) is 9.59 Å². The maximum absolute atomic E-state index is 10.6. The van der Waals surface area contributed by atoms with Crippen LogP contribution in [0.3, 0.4) is 0 Å². The summed E-state index contributed by atoms with van der Waals surface area (Å²) in [6, 6.07) is 0. The van der Waals surface area contributed by atoms with E-state index in [-0.39, 0.29) is 0 Å². The highest BCUT2D eigenvalue weighted by atomic mass is 16.4. The molecule has 0 saturated heterocycles. The Balaban J connectivity index is 2.02. The van der Waals surface area contributed by atoms with Gasteiger partial charge in [0.1, 0.15) is 0 Å². The molecule has 0 aromatic heterocycles. The van der Waals surface area contributed by atoms with E-state index in [0.717, 1.165) is 31.6 Å². The Morgan fingerprint density at radius 3 is 1.95 bits per heavy atom. The zero-order chi connectivity index (χ0) is 14.8. The summed E-state index contributed by atoms with van der Waals surface area (Å²) in [6.07, 6.45) is 11.7. The van der Waals surface area contributed by atoms with Crippen LogP contribution in [0.5, 0.6) is 0 Å². The molecule has 4 heteroatoms. The summed E-state index contributed by atoms with van der Waals surface area (Å²) >= 11 is 0. The Hall–Kier alpha value is -1.06. The molecule has 1 saturated carbocycles. The van der Waals surface area contributed by atoms with Crippen molar-refractivity contribution in [1.29, 1.82) is 0 Å². The summed E-state index contributed by atoms with van der Waals surface area (Å²) in [5, 5.41) is 17.3. The van der Waals surface area contributed by atoms with Crippen LogP contribution >= 0.6 is 0 Å². The van der Waals surface area contributed by atoms with Gasteiger partial charge < -0.3 is 10.2 Å². The second kappa shape index (κ2) is 9.78. The maximum Gasteiger partial charge on any atom is 0.303 e. The normalized spacial score (nSPS) is 22.0. The van der Waals surface area contributed by atoms with Crippen molar-refractivity contribution in [3.63, 3.8) is 0 Å². The van der Waals surface area contributed by atoms with Crippen LogP contribution in [0.4, 0.5) is 0 Å². The van der Waals surface area contributed by atoms with E-state index in [9.17, 15) is 9.59 Å². The molecule has 0 spiro atoms. The van der Waals surface area contributed by atoms with Crippen LogP contribution < -0.4 is 0 Å². The first kappa shape index (κ1) is 17.0. The standard InChI is InChI=1S/C16H28O4/c17-15(18)10-5-3-1-2-4-7-13-8-6-9-14(13)11-12-16(19)20/h13-14H,1-12H2,(H,17,18)(H,19,20)/t13-,14+/m1/s1. The van der Waals surface area contributed by atoms with E-state index >= 15 is 0 Å². The summed E-state index contributed by atoms with van der Waals surface area (Å²) in [5.41, 5.74) is 0. The number of rotatable bonds is 11.